The Balaban J connectivity index is 1.55. The zero-order chi connectivity index (χ0) is 16.9. The van der Waals surface area contributed by atoms with Crippen molar-refractivity contribution >= 4 is 5.97 Å². The van der Waals surface area contributed by atoms with Gasteiger partial charge in [-0.15, -0.1) is 0 Å². The molecule has 5 atom stereocenters. The maximum absolute atomic E-state index is 10.6. The summed E-state index contributed by atoms with van der Waals surface area (Å²) >= 11 is 0. The fraction of sp³-hybridized carbons (Fsp3) is 0.550. The van der Waals surface area contributed by atoms with E-state index in [4.69, 9.17) is 14.6 Å². The molecule has 4 nitrogen and oxygen atoms in total. The molecular weight excluding hydrogens is 304 g/mol. The highest BCUT2D eigenvalue weighted by Gasteiger charge is 2.61. The minimum absolute atomic E-state index is 0.132. The first kappa shape index (κ1) is 15.7. The van der Waals surface area contributed by atoms with Gasteiger partial charge >= 0.3 is 5.97 Å². The number of aliphatic carboxylic acids is 1. The number of ether oxygens (including phenoxy) is 2. The van der Waals surface area contributed by atoms with Crippen molar-refractivity contribution in [3.8, 4) is 5.75 Å². The normalized spacial score (nSPS) is 37.3. The summed E-state index contributed by atoms with van der Waals surface area (Å²) in [6.07, 6.45) is 3.74. The fourth-order valence-corrected chi connectivity index (χ4v) is 5.39. The van der Waals surface area contributed by atoms with E-state index in [1.807, 2.05) is 24.3 Å². The maximum atomic E-state index is 10.6. The SMILES string of the molecule is C=C1[C@@H]2C[C@@H]3[C@@H](c4ccc(OCC(=O)O)cc4)OCC[C@]3(C2)[C@H]1C. The molecular formula is C20H24O4. The van der Waals surface area contributed by atoms with Gasteiger partial charge in [-0.25, -0.2) is 4.79 Å². The van der Waals surface area contributed by atoms with Crippen LogP contribution in [0.5, 0.6) is 5.75 Å². The van der Waals surface area contributed by atoms with Crippen molar-refractivity contribution in [1.29, 1.82) is 0 Å². The lowest BCUT2D eigenvalue weighted by Crippen LogP contribution is -2.42. The molecule has 1 aromatic rings. The van der Waals surface area contributed by atoms with Crippen LogP contribution in [-0.2, 0) is 9.53 Å². The topological polar surface area (TPSA) is 55.8 Å². The summed E-state index contributed by atoms with van der Waals surface area (Å²) in [6.45, 7) is 7.18. The number of carboxylic acid groups (broad SMARTS) is 1. The molecule has 1 aliphatic heterocycles. The number of benzene rings is 1. The quantitative estimate of drug-likeness (QED) is 0.854. The average Bonchev–Trinajstić information content (AvgIpc) is 3.08. The number of carboxylic acids is 1. The van der Waals surface area contributed by atoms with Crippen LogP contribution in [0.3, 0.4) is 0 Å². The first-order valence-electron chi connectivity index (χ1n) is 8.76. The monoisotopic (exact) mass is 328 g/mol. The summed E-state index contributed by atoms with van der Waals surface area (Å²) in [5.41, 5.74) is 2.99. The Kier molecular flexibility index (Phi) is 3.68. The predicted molar refractivity (Wildman–Crippen MR) is 89.8 cm³/mol. The van der Waals surface area contributed by atoms with E-state index in [1.54, 1.807) is 0 Å². The molecule has 128 valence electrons. The molecule has 2 bridgehead atoms. The summed E-state index contributed by atoms with van der Waals surface area (Å²) in [6, 6.07) is 7.73. The van der Waals surface area contributed by atoms with Crippen LogP contribution in [0.15, 0.2) is 36.4 Å². The number of hydrogen-bond donors (Lipinski definition) is 1. The molecule has 3 aliphatic rings. The summed E-state index contributed by atoms with van der Waals surface area (Å²) in [5, 5.41) is 8.69. The third-order valence-electron chi connectivity index (χ3n) is 6.65. The van der Waals surface area contributed by atoms with E-state index in [1.165, 1.54) is 24.0 Å². The van der Waals surface area contributed by atoms with Crippen molar-refractivity contribution in [2.24, 2.45) is 23.2 Å². The summed E-state index contributed by atoms with van der Waals surface area (Å²) < 4.78 is 11.4. The largest absolute Gasteiger partial charge is 0.482 e. The third-order valence-corrected chi connectivity index (χ3v) is 6.65. The number of fused-ring (bicyclic) bond motifs is 1. The molecule has 3 fully saturated rings. The minimum Gasteiger partial charge on any atom is -0.482 e. The van der Waals surface area contributed by atoms with Gasteiger partial charge in [0.25, 0.3) is 0 Å². The molecule has 1 N–H and O–H groups in total. The van der Waals surface area contributed by atoms with Gasteiger partial charge in [0.1, 0.15) is 5.75 Å². The van der Waals surface area contributed by atoms with Gasteiger partial charge in [-0.2, -0.15) is 0 Å². The molecule has 1 saturated heterocycles. The molecule has 1 heterocycles. The van der Waals surface area contributed by atoms with Gasteiger partial charge in [-0.3, -0.25) is 0 Å². The molecule has 0 radical (unpaired) electrons. The van der Waals surface area contributed by atoms with Crippen molar-refractivity contribution in [3.05, 3.63) is 42.0 Å². The molecule has 1 aromatic carbocycles. The molecule has 0 amide bonds. The second-order valence-electron chi connectivity index (χ2n) is 7.57. The smallest absolute Gasteiger partial charge is 0.341 e. The molecule has 0 aromatic heterocycles. The first-order chi connectivity index (χ1) is 11.5. The lowest BCUT2D eigenvalue weighted by Gasteiger charge is -2.48. The summed E-state index contributed by atoms with van der Waals surface area (Å²) in [7, 11) is 0. The van der Waals surface area contributed by atoms with Crippen molar-refractivity contribution < 1.29 is 19.4 Å². The van der Waals surface area contributed by atoms with E-state index in [9.17, 15) is 4.79 Å². The molecule has 24 heavy (non-hydrogen) atoms. The lowest BCUT2D eigenvalue weighted by molar-refractivity contribution is -0.139. The van der Waals surface area contributed by atoms with Gasteiger partial charge in [0.05, 0.1) is 6.10 Å². The van der Waals surface area contributed by atoms with E-state index in [0.29, 0.717) is 28.9 Å². The van der Waals surface area contributed by atoms with Crippen LogP contribution in [0.4, 0.5) is 0 Å². The molecule has 2 saturated carbocycles. The molecule has 4 rings (SSSR count). The maximum Gasteiger partial charge on any atom is 0.341 e. The van der Waals surface area contributed by atoms with Crippen LogP contribution in [0, 0.1) is 23.2 Å². The van der Waals surface area contributed by atoms with Crippen molar-refractivity contribution in [2.75, 3.05) is 13.2 Å². The van der Waals surface area contributed by atoms with Crippen molar-refractivity contribution in [3.63, 3.8) is 0 Å². The second-order valence-corrected chi connectivity index (χ2v) is 7.57. The zero-order valence-electron chi connectivity index (χ0n) is 14.0. The Bertz CT molecular complexity index is 665. The van der Waals surface area contributed by atoms with E-state index < -0.39 is 5.97 Å². The van der Waals surface area contributed by atoms with Crippen LogP contribution < -0.4 is 4.74 Å². The van der Waals surface area contributed by atoms with Crippen molar-refractivity contribution in [2.45, 2.75) is 32.3 Å². The minimum atomic E-state index is -0.965. The molecule has 0 unspecified atom stereocenters. The summed E-state index contributed by atoms with van der Waals surface area (Å²) in [5.74, 6) is 1.43. The van der Waals surface area contributed by atoms with Gasteiger partial charge in [0.2, 0.25) is 0 Å². The Morgan fingerprint density at radius 2 is 2.17 bits per heavy atom. The Morgan fingerprint density at radius 1 is 1.42 bits per heavy atom. The Morgan fingerprint density at radius 3 is 2.83 bits per heavy atom. The van der Waals surface area contributed by atoms with Crippen LogP contribution in [0.25, 0.3) is 0 Å². The van der Waals surface area contributed by atoms with Crippen LogP contribution >= 0.6 is 0 Å². The predicted octanol–water partition coefficient (Wildman–Crippen LogP) is 3.83. The van der Waals surface area contributed by atoms with E-state index in [2.05, 4.69) is 13.5 Å². The fourth-order valence-electron chi connectivity index (χ4n) is 5.39. The molecule has 4 heteroatoms. The zero-order valence-corrected chi connectivity index (χ0v) is 14.0. The van der Waals surface area contributed by atoms with E-state index >= 15 is 0 Å². The highest BCUT2D eigenvalue weighted by atomic mass is 16.5. The molecule has 2 aliphatic carbocycles. The van der Waals surface area contributed by atoms with Crippen LogP contribution in [-0.4, -0.2) is 24.3 Å². The van der Waals surface area contributed by atoms with E-state index in [-0.39, 0.29) is 12.7 Å². The number of carbonyl (C=O) groups is 1. The molecule has 1 spiro atoms. The number of rotatable bonds is 4. The third kappa shape index (κ3) is 2.27. The van der Waals surface area contributed by atoms with Crippen molar-refractivity contribution in [1.82, 2.24) is 0 Å². The second kappa shape index (κ2) is 5.62. The van der Waals surface area contributed by atoms with Gasteiger partial charge in [-0.1, -0.05) is 31.2 Å². The van der Waals surface area contributed by atoms with Crippen LogP contribution in [0.1, 0.15) is 37.9 Å². The average molecular weight is 328 g/mol. The van der Waals surface area contributed by atoms with Gasteiger partial charge in [-0.05, 0) is 60.1 Å². The van der Waals surface area contributed by atoms with E-state index in [0.717, 1.165) is 13.0 Å². The summed E-state index contributed by atoms with van der Waals surface area (Å²) in [4.78, 5) is 10.6. The standard InChI is InChI=1S/C20H24O4/c1-12-13(2)20-7-8-23-19(17(20)9-15(12)10-20)14-3-5-16(6-4-14)24-11-18(21)22/h3-6,13,15,17,19H,1,7-11H2,2H3,(H,21,22)/t13-,15+,17+,19+,20-/m0/s1. The van der Waals surface area contributed by atoms with Crippen LogP contribution in [0.2, 0.25) is 0 Å². The first-order valence-corrected chi connectivity index (χ1v) is 8.76. The number of allylic oxidation sites excluding steroid dienone is 1. The van der Waals surface area contributed by atoms with Gasteiger partial charge < -0.3 is 14.6 Å². The van der Waals surface area contributed by atoms with Gasteiger partial charge in [0.15, 0.2) is 6.61 Å². The lowest BCUT2D eigenvalue weighted by atomic mass is 9.62. The van der Waals surface area contributed by atoms with Gasteiger partial charge in [0, 0.05) is 6.61 Å². The number of hydrogen-bond acceptors (Lipinski definition) is 3. The highest BCUT2D eigenvalue weighted by Crippen LogP contribution is 2.68. The Labute approximate surface area is 142 Å². The highest BCUT2D eigenvalue weighted by molar-refractivity contribution is 5.68. The Hall–Kier alpha value is -1.81.